The van der Waals surface area contributed by atoms with Crippen LogP contribution in [0.1, 0.15) is 194 Å². The van der Waals surface area contributed by atoms with Gasteiger partial charge in [-0.1, -0.05) is 174 Å². The van der Waals surface area contributed by atoms with Crippen molar-refractivity contribution in [2.75, 3.05) is 33.0 Å². The summed E-state index contributed by atoms with van der Waals surface area (Å²) < 4.78 is 34.0. The Morgan fingerprint density at radius 2 is 0.869 bits per heavy atom. The fourth-order valence-electron chi connectivity index (χ4n) is 8.05. The number of rotatable bonds is 39. The first kappa shape index (κ1) is 56.1. The molecule has 11 atom stereocenters. The van der Waals surface area contributed by atoms with Crippen LogP contribution in [-0.4, -0.2) is 142 Å². The van der Waals surface area contributed by atoms with E-state index in [0.717, 1.165) is 38.5 Å². The van der Waals surface area contributed by atoms with Crippen molar-refractivity contribution in [1.29, 1.82) is 0 Å². The van der Waals surface area contributed by atoms with Crippen LogP contribution >= 0.6 is 0 Å². The van der Waals surface area contributed by atoms with Gasteiger partial charge in [-0.2, -0.15) is 0 Å². The second-order valence-electron chi connectivity index (χ2n) is 17.7. The van der Waals surface area contributed by atoms with Gasteiger partial charge in [0.05, 0.1) is 26.4 Å². The minimum Gasteiger partial charge on any atom is -0.457 e. The Hall–Kier alpha value is -1.01. The van der Waals surface area contributed by atoms with Crippen LogP contribution in [0.4, 0.5) is 0 Å². The van der Waals surface area contributed by atoms with E-state index in [1.54, 1.807) is 0 Å². The predicted molar refractivity (Wildman–Crippen MR) is 234 cm³/mol. The molecular weight excluding hydrogens is 789 g/mol. The zero-order chi connectivity index (χ0) is 44.5. The molecule has 2 rings (SSSR count). The summed E-state index contributed by atoms with van der Waals surface area (Å²) in [4.78, 5) is 12.7. The van der Waals surface area contributed by atoms with Crippen LogP contribution in [0, 0.1) is 0 Å². The van der Waals surface area contributed by atoms with Crippen molar-refractivity contribution in [2.45, 2.75) is 261 Å². The van der Waals surface area contributed by atoms with E-state index >= 15 is 0 Å². The van der Waals surface area contributed by atoms with Crippen molar-refractivity contribution in [3.63, 3.8) is 0 Å². The molecule has 0 saturated carbocycles. The average Bonchev–Trinajstić information content (AvgIpc) is 3.26. The van der Waals surface area contributed by atoms with Gasteiger partial charge in [-0.3, -0.25) is 4.79 Å². The number of ether oxygens (including phenoxy) is 6. The lowest BCUT2D eigenvalue weighted by atomic mass is 9.98. The molecular formula is C47H90O14. The summed E-state index contributed by atoms with van der Waals surface area (Å²) in [5, 5.41) is 71.7. The summed E-state index contributed by atoms with van der Waals surface area (Å²) in [6.45, 7) is 3.59. The minimum absolute atomic E-state index is 0.0671. The smallest absolute Gasteiger partial charge is 0.306 e. The van der Waals surface area contributed by atoms with E-state index in [2.05, 4.69) is 13.8 Å². The maximum atomic E-state index is 12.7. The number of aliphatic hydroxyl groups is 7. The van der Waals surface area contributed by atoms with Gasteiger partial charge >= 0.3 is 5.97 Å². The highest BCUT2D eigenvalue weighted by molar-refractivity contribution is 5.69. The summed E-state index contributed by atoms with van der Waals surface area (Å²) in [5.74, 6) is -0.390. The van der Waals surface area contributed by atoms with E-state index in [9.17, 15) is 40.5 Å². The van der Waals surface area contributed by atoms with Crippen LogP contribution in [-0.2, 0) is 33.2 Å². The van der Waals surface area contributed by atoms with Crippen molar-refractivity contribution in [1.82, 2.24) is 0 Å². The first-order chi connectivity index (χ1) is 29.6. The van der Waals surface area contributed by atoms with Crippen LogP contribution in [0.15, 0.2) is 0 Å². The van der Waals surface area contributed by atoms with E-state index in [1.807, 2.05) is 0 Å². The van der Waals surface area contributed by atoms with Crippen molar-refractivity contribution in [3.8, 4) is 0 Å². The Balaban J connectivity index is 1.61. The molecule has 0 bridgehead atoms. The molecule has 7 N–H and O–H groups in total. The van der Waals surface area contributed by atoms with Crippen LogP contribution in [0.5, 0.6) is 0 Å². The summed E-state index contributed by atoms with van der Waals surface area (Å²) in [7, 11) is 0. The van der Waals surface area contributed by atoms with Gasteiger partial charge in [0, 0.05) is 13.0 Å². The molecule has 61 heavy (non-hydrogen) atoms. The normalized spacial score (nSPS) is 27.4. The summed E-state index contributed by atoms with van der Waals surface area (Å²) in [5.41, 5.74) is 0. The maximum absolute atomic E-state index is 12.7. The summed E-state index contributed by atoms with van der Waals surface area (Å²) in [6.07, 6.45) is 18.3. The topological polar surface area (TPSA) is 214 Å². The van der Waals surface area contributed by atoms with Gasteiger partial charge < -0.3 is 64.2 Å². The molecule has 11 unspecified atom stereocenters. The predicted octanol–water partition coefficient (Wildman–Crippen LogP) is 6.52. The third-order valence-electron chi connectivity index (χ3n) is 12.1. The number of hydrogen-bond acceptors (Lipinski definition) is 14. The molecule has 14 nitrogen and oxygen atoms in total. The van der Waals surface area contributed by atoms with Crippen molar-refractivity contribution >= 4 is 5.97 Å². The quantitative estimate of drug-likeness (QED) is 0.0259. The molecule has 0 spiro atoms. The third-order valence-corrected chi connectivity index (χ3v) is 12.1. The molecule has 0 amide bonds. The Labute approximate surface area is 368 Å². The minimum atomic E-state index is -1.70. The Morgan fingerprint density at radius 3 is 1.33 bits per heavy atom. The molecule has 362 valence electrons. The highest BCUT2D eigenvalue weighted by Crippen LogP contribution is 2.26. The van der Waals surface area contributed by atoms with E-state index in [-0.39, 0.29) is 25.6 Å². The number of carbonyl (C=O) groups is 1. The maximum Gasteiger partial charge on any atom is 0.306 e. The van der Waals surface area contributed by atoms with Gasteiger partial charge in [0.1, 0.15) is 54.9 Å². The molecule has 2 fully saturated rings. The zero-order valence-corrected chi connectivity index (χ0v) is 38.2. The molecule has 0 aromatic rings. The molecule has 14 heteroatoms. The van der Waals surface area contributed by atoms with Gasteiger partial charge in [-0.25, -0.2) is 0 Å². The molecule has 0 aromatic heterocycles. The number of hydrogen-bond donors (Lipinski definition) is 7. The first-order valence-corrected chi connectivity index (χ1v) is 24.6. The second kappa shape index (κ2) is 36.2. The van der Waals surface area contributed by atoms with Gasteiger partial charge in [-0.15, -0.1) is 0 Å². The van der Waals surface area contributed by atoms with Crippen LogP contribution in [0.3, 0.4) is 0 Å². The molecule has 2 saturated heterocycles. The molecule has 0 aliphatic carbocycles. The number of esters is 1. The second-order valence-corrected chi connectivity index (χ2v) is 17.7. The SMILES string of the molecule is CCCCCCCCCCCCCCCCCCCCCCCCCOCC(COC1OC(COC2OC(CO)C(O)C(O)C2O)C(O)C(O)C1O)OC(=O)CCCCCC. The number of aliphatic hydroxyl groups excluding tert-OH is 7. The fourth-order valence-corrected chi connectivity index (χ4v) is 8.05. The van der Waals surface area contributed by atoms with Crippen LogP contribution in [0.25, 0.3) is 0 Å². The highest BCUT2D eigenvalue weighted by Gasteiger charge is 2.47. The summed E-state index contributed by atoms with van der Waals surface area (Å²) in [6, 6.07) is 0. The van der Waals surface area contributed by atoms with Gasteiger partial charge in [0.15, 0.2) is 12.6 Å². The fraction of sp³-hybridized carbons (Fsp3) is 0.979. The van der Waals surface area contributed by atoms with Gasteiger partial charge in [-0.05, 0) is 12.8 Å². The van der Waals surface area contributed by atoms with Crippen molar-refractivity contribution in [3.05, 3.63) is 0 Å². The number of carbonyl (C=O) groups excluding carboxylic acids is 1. The summed E-state index contributed by atoms with van der Waals surface area (Å²) >= 11 is 0. The zero-order valence-electron chi connectivity index (χ0n) is 38.2. The van der Waals surface area contributed by atoms with E-state index in [1.165, 1.54) is 128 Å². The Kier molecular flexibility index (Phi) is 33.3. The van der Waals surface area contributed by atoms with Gasteiger partial charge in [0.25, 0.3) is 0 Å². The molecule has 2 aliphatic rings. The van der Waals surface area contributed by atoms with Crippen molar-refractivity contribution in [2.24, 2.45) is 0 Å². The van der Waals surface area contributed by atoms with E-state index in [4.69, 9.17) is 28.4 Å². The third kappa shape index (κ3) is 24.7. The molecule has 0 radical (unpaired) electrons. The largest absolute Gasteiger partial charge is 0.457 e. The average molecular weight is 879 g/mol. The lowest BCUT2D eigenvalue weighted by Crippen LogP contribution is -2.61. The highest BCUT2D eigenvalue weighted by atomic mass is 16.7. The number of unbranched alkanes of at least 4 members (excludes halogenated alkanes) is 25. The van der Waals surface area contributed by atoms with E-state index in [0.29, 0.717) is 13.0 Å². The lowest BCUT2D eigenvalue weighted by Gasteiger charge is -2.42. The Morgan fingerprint density at radius 1 is 0.475 bits per heavy atom. The van der Waals surface area contributed by atoms with Crippen LogP contribution in [0.2, 0.25) is 0 Å². The van der Waals surface area contributed by atoms with Gasteiger partial charge in [0.2, 0.25) is 0 Å². The van der Waals surface area contributed by atoms with Crippen LogP contribution < -0.4 is 0 Å². The lowest BCUT2D eigenvalue weighted by molar-refractivity contribution is -0.332. The Bertz CT molecular complexity index is 1020. The molecule has 0 aromatic carbocycles. The monoisotopic (exact) mass is 879 g/mol. The first-order valence-electron chi connectivity index (χ1n) is 24.6. The van der Waals surface area contributed by atoms with Crippen molar-refractivity contribution < 1.29 is 69.0 Å². The van der Waals surface area contributed by atoms with E-state index < -0.39 is 80.7 Å². The molecule has 2 aliphatic heterocycles. The molecule has 2 heterocycles. The standard InChI is InChI=1S/C47H90O14/c1-3-5-7-9-10-11-12-13-14-15-16-17-18-19-20-21-22-23-24-25-26-27-29-31-56-33-36(59-39(49)30-28-8-6-4-2)34-57-46-45(55)43(53)41(51)38(61-46)35-58-47-44(54)42(52)40(50)37(32-48)60-47/h36-38,40-48,50-55H,3-35H2,1-2H3.